The minimum atomic E-state index is -0.307. The van der Waals surface area contributed by atoms with Crippen molar-refractivity contribution >= 4 is 5.97 Å². The molecule has 110 valence electrons. The highest BCUT2D eigenvalue weighted by atomic mass is 16.5. The Morgan fingerprint density at radius 2 is 2.10 bits per heavy atom. The second-order valence-electron chi connectivity index (χ2n) is 5.72. The molecule has 0 saturated carbocycles. The van der Waals surface area contributed by atoms with Gasteiger partial charge in [0.15, 0.2) is 0 Å². The van der Waals surface area contributed by atoms with Crippen molar-refractivity contribution in [1.82, 2.24) is 5.32 Å². The maximum absolute atomic E-state index is 11.9. The maximum atomic E-state index is 11.9. The second kappa shape index (κ2) is 6.27. The van der Waals surface area contributed by atoms with Crippen LogP contribution in [0.15, 0.2) is 24.3 Å². The fraction of sp³-hybridized carbons (Fsp3) is 0.562. The van der Waals surface area contributed by atoms with Crippen molar-refractivity contribution in [2.24, 2.45) is 11.8 Å². The zero-order chi connectivity index (χ0) is 14.7. The second-order valence-corrected chi connectivity index (χ2v) is 5.72. The molecule has 1 aliphatic rings. The van der Waals surface area contributed by atoms with Crippen LogP contribution in [-0.2, 0) is 9.53 Å². The first-order valence-corrected chi connectivity index (χ1v) is 7.10. The molecule has 0 spiro atoms. The first-order chi connectivity index (χ1) is 9.54. The number of fused-ring (bicyclic) bond motifs is 1. The van der Waals surface area contributed by atoms with E-state index in [0.717, 1.165) is 11.3 Å². The molecule has 1 N–H and O–H groups in total. The number of methoxy groups -OCH3 is 1. The summed E-state index contributed by atoms with van der Waals surface area (Å²) in [4.78, 5) is 11.9. The van der Waals surface area contributed by atoms with Crippen LogP contribution in [0.25, 0.3) is 0 Å². The van der Waals surface area contributed by atoms with Crippen molar-refractivity contribution in [2.45, 2.75) is 32.9 Å². The topological polar surface area (TPSA) is 47.6 Å². The summed E-state index contributed by atoms with van der Waals surface area (Å²) in [6, 6.07) is 7.78. The molecular weight excluding hydrogens is 254 g/mol. The van der Waals surface area contributed by atoms with E-state index in [1.165, 1.54) is 7.11 Å². The largest absolute Gasteiger partial charge is 0.493 e. The molecular formula is C16H23NO3. The van der Waals surface area contributed by atoms with E-state index in [1.54, 1.807) is 0 Å². The Hall–Kier alpha value is -1.55. The molecule has 1 aromatic carbocycles. The molecule has 0 bridgehead atoms. The molecule has 2 rings (SSSR count). The van der Waals surface area contributed by atoms with Crippen LogP contribution < -0.4 is 10.1 Å². The van der Waals surface area contributed by atoms with Crippen molar-refractivity contribution in [2.75, 3.05) is 13.7 Å². The summed E-state index contributed by atoms with van der Waals surface area (Å²) >= 11 is 0. The first-order valence-electron chi connectivity index (χ1n) is 7.10. The van der Waals surface area contributed by atoms with Crippen LogP contribution in [0.2, 0.25) is 0 Å². The Bertz CT molecular complexity index is 473. The van der Waals surface area contributed by atoms with E-state index in [-0.39, 0.29) is 24.0 Å². The smallest absolute Gasteiger partial charge is 0.323 e. The lowest BCUT2D eigenvalue weighted by Gasteiger charge is -2.35. The predicted molar refractivity (Wildman–Crippen MR) is 77.6 cm³/mol. The monoisotopic (exact) mass is 277 g/mol. The van der Waals surface area contributed by atoms with Gasteiger partial charge in [0.2, 0.25) is 0 Å². The van der Waals surface area contributed by atoms with Crippen LogP contribution in [0.3, 0.4) is 0 Å². The summed E-state index contributed by atoms with van der Waals surface area (Å²) in [5.74, 6) is 1.16. The third kappa shape index (κ3) is 2.96. The molecule has 0 aliphatic carbocycles. The Morgan fingerprint density at radius 3 is 2.75 bits per heavy atom. The summed E-state index contributed by atoms with van der Waals surface area (Å²) in [5.41, 5.74) is 1.11. The first kappa shape index (κ1) is 14.9. The van der Waals surface area contributed by atoms with Crippen molar-refractivity contribution in [3.8, 4) is 5.75 Å². The van der Waals surface area contributed by atoms with Gasteiger partial charge in [-0.15, -0.1) is 0 Å². The van der Waals surface area contributed by atoms with E-state index in [0.29, 0.717) is 12.5 Å². The number of nitrogens with one attached hydrogen (secondary N) is 1. The molecule has 1 heterocycles. The lowest BCUT2D eigenvalue weighted by molar-refractivity contribution is -0.144. The van der Waals surface area contributed by atoms with Crippen LogP contribution in [0.5, 0.6) is 5.75 Å². The van der Waals surface area contributed by atoms with Crippen molar-refractivity contribution in [3.05, 3.63) is 29.8 Å². The normalized spacial score (nSPS) is 22.9. The Morgan fingerprint density at radius 1 is 1.40 bits per heavy atom. The molecule has 0 radical (unpaired) electrons. The summed E-state index contributed by atoms with van der Waals surface area (Å²) < 4.78 is 10.6. The van der Waals surface area contributed by atoms with Crippen molar-refractivity contribution in [1.29, 1.82) is 0 Å². The van der Waals surface area contributed by atoms with E-state index in [1.807, 2.05) is 32.0 Å². The van der Waals surface area contributed by atoms with Gasteiger partial charge in [-0.3, -0.25) is 10.1 Å². The molecule has 1 aromatic rings. The summed E-state index contributed by atoms with van der Waals surface area (Å²) in [6.07, 6.45) is 0. The molecule has 20 heavy (non-hydrogen) atoms. The Balaban J connectivity index is 2.25. The number of carbonyl (C=O) groups excluding carboxylic acids is 1. The van der Waals surface area contributed by atoms with Crippen LogP contribution in [0, 0.1) is 11.8 Å². The highest BCUT2D eigenvalue weighted by Crippen LogP contribution is 2.35. The van der Waals surface area contributed by atoms with E-state index in [2.05, 4.69) is 18.3 Å². The van der Waals surface area contributed by atoms with E-state index < -0.39 is 0 Å². The molecule has 0 aromatic heterocycles. The minimum absolute atomic E-state index is 0.103. The number of ether oxygens (including phenoxy) is 2. The average Bonchev–Trinajstić information content (AvgIpc) is 2.45. The SMILES string of the molecule is COC(=O)C(NC1c2ccccc2OCC1C)C(C)C. The van der Waals surface area contributed by atoms with Crippen LogP contribution in [-0.4, -0.2) is 25.7 Å². The lowest BCUT2D eigenvalue weighted by Crippen LogP contribution is -2.47. The third-order valence-corrected chi connectivity index (χ3v) is 3.81. The van der Waals surface area contributed by atoms with Crippen LogP contribution >= 0.6 is 0 Å². The van der Waals surface area contributed by atoms with Gasteiger partial charge in [0.25, 0.3) is 0 Å². The van der Waals surface area contributed by atoms with Crippen LogP contribution in [0.4, 0.5) is 0 Å². The molecule has 1 aliphatic heterocycles. The summed E-state index contributed by atoms with van der Waals surface area (Å²) in [7, 11) is 1.43. The molecule has 0 fully saturated rings. The predicted octanol–water partition coefficient (Wildman–Crippen LogP) is 2.54. The van der Waals surface area contributed by atoms with Crippen LogP contribution in [0.1, 0.15) is 32.4 Å². The highest BCUT2D eigenvalue weighted by Gasteiger charge is 2.33. The standard InChI is InChI=1S/C16H23NO3/c1-10(2)14(16(18)19-4)17-15-11(3)9-20-13-8-6-5-7-12(13)15/h5-8,10-11,14-15,17H,9H2,1-4H3. The third-order valence-electron chi connectivity index (χ3n) is 3.81. The van der Waals surface area contributed by atoms with Gasteiger partial charge in [-0.25, -0.2) is 0 Å². The number of carbonyl (C=O) groups is 1. The van der Waals surface area contributed by atoms with Gasteiger partial charge in [-0.05, 0) is 12.0 Å². The number of hydrogen-bond donors (Lipinski definition) is 1. The van der Waals surface area contributed by atoms with E-state index in [4.69, 9.17) is 9.47 Å². The van der Waals surface area contributed by atoms with E-state index in [9.17, 15) is 4.79 Å². The number of rotatable bonds is 4. The Kier molecular flexibility index (Phi) is 4.65. The molecule has 3 atom stereocenters. The number of hydrogen-bond acceptors (Lipinski definition) is 4. The van der Waals surface area contributed by atoms with Gasteiger partial charge >= 0.3 is 5.97 Å². The Labute approximate surface area is 120 Å². The van der Waals surface area contributed by atoms with Crippen molar-refractivity contribution in [3.63, 3.8) is 0 Å². The lowest BCUT2D eigenvalue weighted by atomic mass is 9.90. The number of esters is 1. The molecule has 4 nitrogen and oxygen atoms in total. The van der Waals surface area contributed by atoms with Gasteiger partial charge < -0.3 is 9.47 Å². The average molecular weight is 277 g/mol. The molecule has 3 unspecified atom stereocenters. The molecule has 0 amide bonds. The number of para-hydroxylation sites is 1. The summed E-state index contributed by atoms with van der Waals surface area (Å²) in [6.45, 7) is 6.82. The zero-order valence-corrected chi connectivity index (χ0v) is 12.6. The quantitative estimate of drug-likeness (QED) is 0.859. The van der Waals surface area contributed by atoms with Crippen molar-refractivity contribution < 1.29 is 14.3 Å². The summed E-state index contributed by atoms with van der Waals surface area (Å²) in [5, 5.41) is 3.46. The van der Waals surface area contributed by atoms with Gasteiger partial charge in [-0.2, -0.15) is 0 Å². The molecule has 4 heteroatoms. The van der Waals surface area contributed by atoms with Gasteiger partial charge in [0.05, 0.1) is 13.7 Å². The minimum Gasteiger partial charge on any atom is -0.493 e. The van der Waals surface area contributed by atoms with Gasteiger partial charge in [-0.1, -0.05) is 39.0 Å². The number of benzene rings is 1. The van der Waals surface area contributed by atoms with Gasteiger partial charge in [0.1, 0.15) is 11.8 Å². The molecule has 0 saturated heterocycles. The maximum Gasteiger partial charge on any atom is 0.323 e. The fourth-order valence-electron chi connectivity index (χ4n) is 2.60. The fourth-order valence-corrected chi connectivity index (χ4v) is 2.60. The van der Waals surface area contributed by atoms with Gasteiger partial charge in [0, 0.05) is 17.5 Å². The highest BCUT2D eigenvalue weighted by molar-refractivity contribution is 5.76. The van der Waals surface area contributed by atoms with E-state index >= 15 is 0 Å². The zero-order valence-electron chi connectivity index (χ0n) is 12.6.